The second-order valence-corrected chi connectivity index (χ2v) is 2.11. The molecule has 0 saturated carbocycles. The predicted octanol–water partition coefficient (Wildman–Crippen LogP) is -7.41. The molecule has 0 amide bonds. The Bertz CT molecular complexity index is 34.0. The smallest absolute Gasteiger partial charge is 0.850 e. The molecule has 0 unspecified atom stereocenters. The molecule has 0 aromatic carbocycles. The zero-order chi connectivity index (χ0) is 4.50. The van der Waals surface area contributed by atoms with E-state index in [4.69, 9.17) is 0 Å². The van der Waals surface area contributed by atoms with Gasteiger partial charge in [0.25, 0.3) is 0 Å². The molecule has 4 N–H and O–H groups in total. The van der Waals surface area contributed by atoms with Gasteiger partial charge in [-0.1, -0.05) is 20.8 Å². The molecule has 0 atom stereocenters. The van der Waals surface area contributed by atoms with Gasteiger partial charge in [0, 0.05) is 0 Å². The largest absolute Gasteiger partial charge is 1.00 e. The summed E-state index contributed by atoms with van der Waals surface area (Å²) >= 11 is 0. The molecule has 0 aliphatic carbocycles. The van der Waals surface area contributed by atoms with E-state index < -0.39 is 5.60 Å². The van der Waals surface area contributed by atoms with Crippen LogP contribution in [-0.4, -0.2) is 5.60 Å². The van der Waals surface area contributed by atoms with Crippen molar-refractivity contribution < 1.29 is 93.8 Å². The van der Waals surface area contributed by atoms with E-state index in [1.807, 2.05) is 0 Å². The van der Waals surface area contributed by atoms with Crippen molar-refractivity contribution in [3.05, 3.63) is 12.3 Å². The minimum Gasteiger partial charge on any atom is -0.850 e. The minimum atomic E-state index is -0.750. The van der Waals surface area contributed by atoms with Crippen LogP contribution in [0.2, 0.25) is 0 Å². The van der Waals surface area contributed by atoms with Crippen molar-refractivity contribution >= 4 is 0 Å². The zero-order valence-electron chi connectivity index (χ0n) is 8.06. The average Bonchev–Trinajstić information content (AvgIpc) is 0.722. The molecule has 48 valence electrons. The van der Waals surface area contributed by atoms with E-state index in [2.05, 4.69) is 0 Å². The zero-order valence-corrected chi connectivity index (χ0v) is 14.1. The van der Waals surface area contributed by atoms with Gasteiger partial charge >= 0.3 is 88.7 Å². The molecule has 3 nitrogen and oxygen atoms in total. The van der Waals surface area contributed by atoms with Gasteiger partial charge in [-0.05, 0) is 0 Å². The fraction of sp³-hybridized carbons (Fsp3) is 1.00. The van der Waals surface area contributed by atoms with E-state index in [9.17, 15) is 5.11 Å². The maximum atomic E-state index is 10.1. The van der Waals surface area contributed by atoms with Crippen molar-refractivity contribution in [1.29, 1.82) is 0 Å². The molecular weight excluding hydrogens is 161 g/mol. The summed E-state index contributed by atoms with van der Waals surface area (Å²) in [6, 6.07) is 0. The van der Waals surface area contributed by atoms with Crippen molar-refractivity contribution in [2.24, 2.45) is 0 Å². The van der Waals surface area contributed by atoms with Crippen molar-refractivity contribution in [1.82, 2.24) is 0 Å². The summed E-state index contributed by atoms with van der Waals surface area (Å²) in [6.07, 6.45) is 0. The molecule has 0 bridgehead atoms. The Morgan fingerprint density at radius 2 is 0.800 bits per heavy atom. The van der Waals surface area contributed by atoms with Crippen LogP contribution in [0.4, 0.5) is 0 Å². The second-order valence-electron chi connectivity index (χ2n) is 2.11. The maximum Gasteiger partial charge on any atom is 1.00 e. The first-order valence-electron chi connectivity index (χ1n) is 1.70. The van der Waals surface area contributed by atoms with E-state index in [0.717, 1.165) is 0 Å². The Balaban J connectivity index is -0.00000000800. The van der Waals surface area contributed by atoms with Gasteiger partial charge in [-0.25, -0.2) is 0 Å². The summed E-state index contributed by atoms with van der Waals surface area (Å²) in [5, 5.41) is 10.1. The Morgan fingerprint density at radius 3 is 0.800 bits per heavy atom. The van der Waals surface area contributed by atoms with Gasteiger partial charge in [0.05, 0.1) is 0 Å². The third kappa shape index (κ3) is 128. The maximum absolute atomic E-state index is 10.1. The van der Waals surface area contributed by atoms with Crippen molar-refractivity contribution in [2.45, 2.75) is 26.4 Å². The molecule has 0 fully saturated rings. The molecular formula is C4H13N2Na3O. The minimum absolute atomic E-state index is 0. The van der Waals surface area contributed by atoms with Crippen LogP contribution < -0.4 is 93.8 Å². The molecule has 0 aromatic heterocycles. The van der Waals surface area contributed by atoms with Crippen molar-refractivity contribution in [3.8, 4) is 0 Å². The molecule has 0 aliphatic heterocycles. The van der Waals surface area contributed by atoms with Crippen molar-refractivity contribution in [2.75, 3.05) is 0 Å². The molecule has 0 heterocycles. The van der Waals surface area contributed by atoms with Crippen LogP contribution in [0.25, 0.3) is 12.3 Å². The van der Waals surface area contributed by atoms with Gasteiger partial charge in [0.2, 0.25) is 0 Å². The monoisotopic (exact) mass is 174 g/mol. The summed E-state index contributed by atoms with van der Waals surface area (Å²) in [4.78, 5) is 0. The van der Waals surface area contributed by atoms with Gasteiger partial charge in [0.1, 0.15) is 0 Å². The van der Waals surface area contributed by atoms with Crippen LogP contribution in [0.15, 0.2) is 0 Å². The van der Waals surface area contributed by atoms with Gasteiger partial charge in [-0.15, -0.1) is 5.60 Å². The predicted molar refractivity (Wildman–Crippen MR) is 30.3 cm³/mol. The molecule has 6 heteroatoms. The quantitative estimate of drug-likeness (QED) is 0.335. The number of hydrogen-bond acceptors (Lipinski definition) is 1. The van der Waals surface area contributed by atoms with E-state index in [-0.39, 0.29) is 101 Å². The normalized spacial score (nSPS) is 6.00. The van der Waals surface area contributed by atoms with Crippen molar-refractivity contribution in [3.63, 3.8) is 0 Å². The van der Waals surface area contributed by atoms with Gasteiger partial charge < -0.3 is 17.4 Å². The number of hydrogen-bond donors (Lipinski definition) is 0. The van der Waals surface area contributed by atoms with Crippen LogP contribution in [-0.2, 0) is 0 Å². The van der Waals surface area contributed by atoms with E-state index in [0.29, 0.717) is 0 Å². The first-order chi connectivity index (χ1) is 2.00. The molecule has 0 aliphatic rings. The summed E-state index contributed by atoms with van der Waals surface area (Å²) in [5.41, 5.74) is -0.750. The molecule has 0 aromatic rings. The Morgan fingerprint density at radius 1 is 0.800 bits per heavy atom. The van der Waals surface area contributed by atoms with Gasteiger partial charge in [-0.3, -0.25) is 0 Å². The summed E-state index contributed by atoms with van der Waals surface area (Å²) < 4.78 is 0. The summed E-state index contributed by atoms with van der Waals surface area (Å²) in [7, 11) is 0. The Hall–Kier alpha value is 2.88. The second kappa shape index (κ2) is 17.8. The van der Waals surface area contributed by atoms with Crippen LogP contribution in [0.3, 0.4) is 0 Å². The Kier molecular flexibility index (Phi) is 68.5. The van der Waals surface area contributed by atoms with Crippen LogP contribution >= 0.6 is 0 Å². The SMILES string of the molecule is CC(C)(C)[O-].[NH2-].[NH2-].[Na+].[Na+].[Na+]. The molecule has 0 radical (unpaired) electrons. The first-order valence-corrected chi connectivity index (χ1v) is 1.70. The molecule has 0 spiro atoms. The third-order valence-corrected chi connectivity index (χ3v) is 0. The average molecular weight is 174 g/mol. The van der Waals surface area contributed by atoms with E-state index >= 15 is 0 Å². The van der Waals surface area contributed by atoms with Crippen LogP contribution in [0.1, 0.15) is 20.8 Å². The fourth-order valence-electron chi connectivity index (χ4n) is 0. The topological polar surface area (TPSA) is 90.1 Å². The third-order valence-electron chi connectivity index (χ3n) is 0. The first kappa shape index (κ1) is 38.4. The van der Waals surface area contributed by atoms with Crippen LogP contribution in [0, 0.1) is 0 Å². The summed E-state index contributed by atoms with van der Waals surface area (Å²) in [5.74, 6) is 0. The molecule has 0 saturated heterocycles. The molecule has 0 rings (SSSR count). The number of nitrogens with two attached hydrogens (primary N) is 2. The van der Waals surface area contributed by atoms with Crippen LogP contribution in [0.5, 0.6) is 0 Å². The molecule has 10 heavy (non-hydrogen) atoms. The van der Waals surface area contributed by atoms with Gasteiger partial charge in [0.15, 0.2) is 0 Å². The summed E-state index contributed by atoms with van der Waals surface area (Å²) in [6.45, 7) is 4.90. The fourth-order valence-corrected chi connectivity index (χ4v) is 0. The van der Waals surface area contributed by atoms with Gasteiger partial charge in [-0.2, -0.15) is 0 Å². The number of rotatable bonds is 0. The van der Waals surface area contributed by atoms with E-state index in [1.165, 1.54) is 0 Å². The standard InChI is InChI=1S/C4H9O.2H2N.3Na/c1-4(2,3)5;;;;;/h1-3H3;2*1H2;;;/q3*-1;3*+1. The van der Waals surface area contributed by atoms with E-state index in [1.54, 1.807) is 20.8 Å². The Labute approximate surface area is 130 Å².